The van der Waals surface area contributed by atoms with E-state index in [9.17, 15) is 0 Å². The lowest BCUT2D eigenvalue weighted by Gasteiger charge is -2.07. The van der Waals surface area contributed by atoms with Crippen LogP contribution in [0.2, 0.25) is 0 Å². The lowest BCUT2D eigenvalue weighted by Crippen LogP contribution is -2.00. The second-order valence-electron chi connectivity index (χ2n) is 4.45. The summed E-state index contributed by atoms with van der Waals surface area (Å²) in [5.41, 5.74) is 5.43. The van der Waals surface area contributed by atoms with Gasteiger partial charge in [0.15, 0.2) is 0 Å². The topological polar surface area (TPSA) is 68.6 Å². The number of aryl methyl sites for hydroxylation is 2. The van der Waals surface area contributed by atoms with Crippen molar-refractivity contribution >= 4 is 12.2 Å². The van der Waals surface area contributed by atoms with Gasteiger partial charge in [-0.3, -0.25) is 0 Å². The van der Waals surface area contributed by atoms with Crippen LogP contribution in [0, 0.1) is 13.8 Å². The van der Waals surface area contributed by atoms with Gasteiger partial charge in [0.2, 0.25) is 5.95 Å². The van der Waals surface area contributed by atoms with Crippen molar-refractivity contribution in [1.82, 2.24) is 9.97 Å². The molecule has 110 valence electrons. The first kappa shape index (κ1) is 14.8. The molecule has 6 heteroatoms. The Morgan fingerprint density at radius 3 is 2.38 bits per heavy atom. The van der Waals surface area contributed by atoms with Gasteiger partial charge in [-0.2, -0.15) is 5.10 Å². The molecule has 0 aliphatic carbocycles. The van der Waals surface area contributed by atoms with E-state index in [4.69, 9.17) is 9.47 Å². The molecule has 0 spiro atoms. The first-order valence-electron chi connectivity index (χ1n) is 6.46. The van der Waals surface area contributed by atoms with E-state index >= 15 is 0 Å². The van der Waals surface area contributed by atoms with Crippen LogP contribution in [0.4, 0.5) is 5.95 Å². The summed E-state index contributed by atoms with van der Waals surface area (Å²) in [5.74, 6) is 1.88. The van der Waals surface area contributed by atoms with Crippen molar-refractivity contribution in [2.24, 2.45) is 5.10 Å². The van der Waals surface area contributed by atoms with Gasteiger partial charge in [0.1, 0.15) is 11.5 Å². The molecular weight excluding hydrogens is 268 g/mol. The van der Waals surface area contributed by atoms with Gasteiger partial charge in [0, 0.05) is 23.0 Å². The molecule has 0 aliphatic heterocycles. The predicted octanol–water partition coefficient (Wildman–Crippen LogP) is 2.56. The molecule has 0 saturated carbocycles. The minimum atomic E-state index is 0.469. The van der Waals surface area contributed by atoms with E-state index in [1.54, 1.807) is 26.5 Å². The van der Waals surface area contributed by atoms with Crippen molar-refractivity contribution in [3.8, 4) is 11.5 Å². The van der Waals surface area contributed by atoms with E-state index < -0.39 is 0 Å². The highest BCUT2D eigenvalue weighted by Crippen LogP contribution is 2.23. The van der Waals surface area contributed by atoms with Crippen molar-refractivity contribution in [3.05, 3.63) is 41.2 Å². The van der Waals surface area contributed by atoms with Crippen LogP contribution in [0.1, 0.15) is 17.0 Å². The fourth-order valence-corrected chi connectivity index (χ4v) is 1.86. The molecule has 0 atom stereocenters. The number of benzene rings is 1. The molecule has 21 heavy (non-hydrogen) atoms. The van der Waals surface area contributed by atoms with Crippen molar-refractivity contribution in [3.63, 3.8) is 0 Å². The largest absolute Gasteiger partial charge is 0.497 e. The summed E-state index contributed by atoms with van der Waals surface area (Å²) in [6.07, 6.45) is 1.65. The first-order valence-corrected chi connectivity index (χ1v) is 6.46. The zero-order chi connectivity index (χ0) is 15.2. The van der Waals surface area contributed by atoms with E-state index in [2.05, 4.69) is 20.5 Å². The fraction of sp³-hybridized carbons (Fsp3) is 0.267. The highest BCUT2D eigenvalue weighted by Gasteiger charge is 2.03. The Kier molecular flexibility index (Phi) is 4.71. The SMILES string of the molecule is COc1ccc(/C=N\Nc2nc(C)cc(C)n2)c(OC)c1. The summed E-state index contributed by atoms with van der Waals surface area (Å²) < 4.78 is 10.5. The number of ether oxygens (including phenoxy) is 2. The molecule has 0 radical (unpaired) electrons. The maximum absolute atomic E-state index is 5.30. The molecule has 1 heterocycles. The number of rotatable bonds is 5. The Balaban J connectivity index is 2.14. The molecule has 0 saturated heterocycles. The molecule has 0 amide bonds. The fourth-order valence-electron chi connectivity index (χ4n) is 1.86. The average molecular weight is 286 g/mol. The number of methoxy groups -OCH3 is 2. The second-order valence-corrected chi connectivity index (χ2v) is 4.45. The Hall–Kier alpha value is -2.63. The molecule has 2 aromatic rings. The number of hydrogen-bond acceptors (Lipinski definition) is 6. The molecule has 0 unspecified atom stereocenters. The van der Waals surface area contributed by atoms with E-state index in [-0.39, 0.29) is 0 Å². The highest BCUT2D eigenvalue weighted by molar-refractivity contribution is 5.84. The summed E-state index contributed by atoms with van der Waals surface area (Å²) in [4.78, 5) is 8.50. The molecule has 1 aromatic heterocycles. The smallest absolute Gasteiger partial charge is 0.243 e. The minimum Gasteiger partial charge on any atom is -0.497 e. The van der Waals surface area contributed by atoms with E-state index in [0.29, 0.717) is 11.7 Å². The predicted molar refractivity (Wildman–Crippen MR) is 82.3 cm³/mol. The average Bonchev–Trinajstić information content (AvgIpc) is 2.46. The van der Waals surface area contributed by atoms with Gasteiger partial charge in [-0.15, -0.1) is 0 Å². The van der Waals surface area contributed by atoms with Crippen molar-refractivity contribution in [2.75, 3.05) is 19.6 Å². The van der Waals surface area contributed by atoms with Crippen molar-refractivity contribution in [1.29, 1.82) is 0 Å². The van der Waals surface area contributed by atoms with Gasteiger partial charge in [-0.05, 0) is 32.0 Å². The number of anilines is 1. The molecular formula is C15H18N4O2. The standard InChI is InChI=1S/C15H18N4O2/c1-10-7-11(2)18-15(17-10)19-16-9-12-5-6-13(20-3)8-14(12)21-4/h5-9H,1-4H3,(H,17,18,19)/b16-9-. The van der Waals surface area contributed by atoms with Crippen LogP contribution in [-0.4, -0.2) is 30.4 Å². The number of aromatic nitrogens is 2. The number of nitrogens with one attached hydrogen (secondary N) is 1. The van der Waals surface area contributed by atoms with Gasteiger partial charge in [0.25, 0.3) is 0 Å². The van der Waals surface area contributed by atoms with Crippen LogP contribution in [0.25, 0.3) is 0 Å². The number of nitrogens with zero attached hydrogens (tertiary/aromatic N) is 3. The normalized spacial score (nSPS) is 10.7. The molecule has 0 fully saturated rings. The molecule has 0 bridgehead atoms. The Labute approximate surface area is 123 Å². The quantitative estimate of drug-likeness (QED) is 0.675. The van der Waals surface area contributed by atoms with Crippen LogP contribution in [0.3, 0.4) is 0 Å². The zero-order valence-electron chi connectivity index (χ0n) is 12.5. The van der Waals surface area contributed by atoms with Gasteiger partial charge < -0.3 is 9.47 Å². The van der Waals surface area contributed by atoms with E-state index in [0.717, 1.165) is 22.7 Å². The van der Waals surface area contributed by atoms with Crippen LogP contribution in [0.5, 0.6) is 11.5 Å². The lowest BCUT2D eigenvalue weighted by molar-refractivity contribution is 0.394. The Bertz CT molecular complexity index is 636. The summed E-state index contributed by atoms with van der Waals surface area (Å²) >= 11 is 0. The monoisotopic (exact) mass is 286 g/mol. The Morgan fingerprint density at radius 1 is 1.05 bits per heavy atom. The highest BCUT2D eigenvalue weighted by atomic mass is 16.5. The van der Waals surface area contributed by atoms with Gasteiger partial charge in [0.05, 0.1) is 20.4 Å². The maximum atomic E-state index is 5.30. The third-order valence-corrected chi connectivity index (χ3v) is 2.79. The zero-order valence-corrected chi connectivity index (χ0v) is 12.5. The van der Waals surface area contributed by atoms with Crippen molar-refractivity contribution < 1.29 is 9.47 Å². The second kappa shape index (κ2) is 6.69. The summed E-state index contributed by atoms with van der Waals surface area (Å²) in [6, 6.07) is 7.42. The molecule has 2 rings (SSSR count). The van der Waals surface area contributed by atoms with Gasteiger partial charge in [-0.25, -0.2) is 15.4 Å². The Morgan fingerprint density at radius 2 is 1.76 bits per heavy atom. The first-order chi connectivity index (χ1) is 10.1. The van der Waals surface area contributed by atoms with Crippen LogP contribution >= 0.6 is 0 Å². The molecule has 1 N–H and O–H groups in total. The minimum absolute atomic E-state index is 0.469. The molecule has 1 aromatic carbocycles. The summed E-state index contributed by atoms with van der Waals surface area (Å²) in [7, 11) is 3.22. The van der Waals surface area contributed by atoms with Gasteiger partial charge >= 0.3 is 0 Å². The summed E-state index contributed by atoms with van der Waals surface area (Å²) in [5, 5.41) is 4.14. The third-order valence-electron chi connectivity index (χ3n) is 2.79. The van der Waals surface area contributed by atoms with Crippen LogP contribution < -0.4 is 14.9 Å². The molecule has 6 nitrogen and oxygen atoms in total. The number of hydrogen-bond donors (Lipinski definition) is 1. The molecule has 0 aliphatic rings. The van der Waals surface area contributed by atoms with Crippen molar-refractivity contribution in [2.45, 2.75) is 13.8 Å². The lowest BCUT2D eigenvalue weighted by atomic mass is 10.2. The third kappa shape index (κ3) is 3.92. The number of hydrazone groups is 1. The van der Waals surface area contributed by atoms with Gasteiger partial charge in [-0.1, -0.05) is 0 Å². The van der Waals surface area contributed by atoms with Crippen LogP contribution in [0.15, 0.2) is 29.4 Å². The van der Waals surface area contributed by atoms with Crippen LogP contribution in [-0.2, 0) is 0 Å². The van der Waals surface area contributed by atoms with E-state index in [1.807, 2.05) is 32.0 Å². The summed E-state index contributed by atoms with van der Waals surface area (Å²) in [6.45, 7) is 3.83. The maximum Gasteiger partial charge on any atom is 0.243 e. The van der Waals surface area contributed by atoms with E-state index in [1.165, 1.54) is 0 Å².